The Hall–Kier alpha value is -1.22. The van der Waals surface area contributed by atoms with Crippen LogP contribution in [0.25, 0.3) is 0 Å². The number of rotatable bonds is 0. The van der Waals surface area contributed by atoms with Crippen LogP contribution in [0.3, 0.4) is 0 Å². The predicted octanol–water partition coefficient (Wildman–Crippen LogP) is 2.72. The molecular formula is C10H12. The first kappa shape index (κ1) is 8.78. The van der Waals surface area contributed by atoms with Gasteiger partial charge in [-0.2, -0.15) is 0 Å². The summed E-state index contributed by atoms with van der Waals surface area (Å²) in [5, 5.41) is 0. The maximum atomic E-state index is 2.68. The van der Waals surface area contributed by atoms with E-state index in [9.17, 15) is 0 Å². The third-order valence-corrected chi connectivity index (χ3v) is 0.917. The SMILES string of the molecule is CC#CC.c1ccccc1. The largest absolute Gasteiger partial charge is 0.107 e. The minimum absolute atomic E-state index is 1.82. The lowest BCUT2D eigenvalue weighted by molar-refractivity contribution is 1.72. The van der Waals surface area contributed by atoms with Crippen LogP contribution in [0.5, 0.6) is 0 Å². The van der Waals surface area contributed by atoms with E-state index < -0.39 is 0 Å². The average Bonchev–Trinajstić information content (AvgIpc) is 2.08. The van der Waals surface area contributed by atoms with E-state index in [0.717, 1.165) is 0 Å². The zero-order chi connectivity index (χ0) is 7.66. The first-order valence-electron chi connectivity index (χ1n) is 3.25. The molecule has 10 heavy (non-hydrogen) atoms. The summed E-state index contributed by atoms with van der Waals surface area (Å²) >= 11 is 0. The fourth-order valence-electron chi connectivity index (χ4n) is 0.385. The molecule has 0 saturated carbocycles. The molecule has 0 unspecified atom stereocenters. The van der Waals surface area contributed by atoms with E-state index in [1.165, 1.54) is 0 Å². The van der Waals surface area contributed by atoms with Gasteiger partial charge in [0.05, 0.1) is 0 Å². The molecule has 0 aliphatic carbocycles. The first-order valence-corrected chi connectivity index (χ1v) is 3.25. The van der Waals surface area contributed by atoms with Crippen molar-refractivity contribution in [2.24, 2.45) is 0 Å². The summed E-state index contributed by atoms with van der Waals surface area (Å²) in [6.45, 7) is 3.64. The molecule has 0 N–H and O–H groups in total. The summed E-state index contributed by atoms with van der Waals surface area (Å²) in [7, 11) is 0. The van der Waals surface area contributed by atoms with Gasteiger partial charge in [-0.15, -0.1) is 11.8 Å². The van der Waals surface area contributed by atoms with Gasteiger partial charge in [-0.3, -0.25) is 0 Å². The Kier molecular flexibility index (Phi) is 6.83. The van der Waals surface area contributed by atoms with Crippen molar-refractivity contribution in [1.82, 2.24) is 0 Å². The van der Waals surface area contributed by atoms with E-state index >= 15 is 0 Å². The molecule has 0 aliphatic heterocycles. The van der Waals surface area contributed by atoms with Gasteiger partial charge in [0.2, 0.25) is 0 Å². The molecule has 0 radical (unpaired) electrons. The average molecular weight is 132 g/mol. The Bertz CT molecular complexity index is 156. The van der Waals surface area contributed by atoms with Crippen LogP contribution in [0.15, 0.2) is 36.4 Å². The van der Waals surface area contributed by atoms with Crippen molar-refractivity contribution < 1.29 is 0 Å². The number of hydrogen-bond acceptors (Lipinski definition) is 0. The molecule has 0 saturated heterocycles. The lowest BCUT2D eigenvalue weighted by Crippen LogP contribution is -1.47. The highest BCUT2D eigenvalue weighted by Gasteiger charge is 1.57. The zero-order valence-electron chi connectivity index (χ0n) is 6.46. The maximum Gasteiger partial charge on any atom is -0.00271 e. The standard InChI is InChI=1S/C6H6.C4H6/c1-2-4-6-5-3-1;1-3-4-2/h1-6H;1-2H3. The summed E-state index contributed by atoms with van der Waals surface area (Å²) in [4.78, 5) is 0. The molecule has 0 aromatic heterocycles. The molecule has 0 amide bonds. The van der Waals surface area contributed by atoms with E-state index in [1.54, 1.807) is 0 Å². The van der Waals surface area contributed by atoms with Crippen LogP contribution < -0.4 is 0 Å². The molecule has 1 aromatic rings. The van der Waals surface area contributed by atoms with Crippen LogP contribution in [0.4, 0.5) is 0 Å². The highest BCUT2D eigenvalue weighted by molar-refractivity contribution is 4.99. The summed E-state index contributed by atoms with van der Waals surface area (Å²) in [5.41, 5.74) is 0. The molecule has 0 aliphatic rings. The predicted molar refractivity (Wildman–Crippen MR) is 45.6 cm³/mol. The second-order valence-corrected chi connectivity index (χ2v) is 1.65. The third kappa shape index (κ3) is 6.78. The van der Waals surface area contributed by atoms with Crippen molar-refractivity contribution in [1.29, 1.82) is 0 Å². The molecule has 0 fully saturated rings. The van der Waals surface area contributed by atoms with Crippen LogP contribution in [-0.2, 0) is 0 Å². The van der Waals surface area contributed by atoms with Crippen LogP contribution >= 0.6 is 0 Å². The maximum absolute atomic E-state index is 2.68. The van der Waals surface area contributed by atoms with Crippen LogP contribution in [0.2, 0.25) is 0 Å². The van der Waals surface area contributed by atoms with Crippen LogP contribution in [0, 0.1) is 11.8 Å². The topological polar surface area (TPSA) is 0 Å². The molecule has 1 aromatic carbocycles. The smallest absolute Gasteiger partial charge is 0.00271 e. The van der Waals surface area contributed by atoms with Gasteiger partial charge < -0.3 is 0 Å². The Morgan fingerprint density at radius 1 is 0.600 bits per heavy atom. The Morgan fingerprint density at radius 3 is 0.900 bits per heavy atom. The Balaban J connectivity index is 0.000000180. The summed E-state index contributed by atoms with van der Waals surface area (Å²) in [6, 6.07) is 12.0. The van der Waals surface area contributed by atoms with Crippen LogP contribution in [-0.4, -0.2) is 0 Å². The Morgan fingerprint density at radius 2 is 0.800 bits per heavy atom. The third-order valence-electron chi connectivity index (χ3n) is 0.917. The monoisotopic (exact) mass is 132 g/mol. The van der Waals surface area contributed by atoms with Crippen molar-refractivity contribution >= 4 is 0 Å². The minimum atomic E-state index is 1.82. The van der Waals surface area contributed by atoms with Gasteiger partial charge in [0.1, 0.15) is 0 Å². The van der Waals surface area contributed by atoms with E-state index in [2.05, 4.69) is 11.8 Å². The summed E-state index contributed by atoms with van der Waals surface area (Å²) < 4.78 is 0. The molecule has 0 heteroatoms. The van der Waals surface area contributed by atoms with E-state index in [-0.39, 0.29) is 0 Å². The first-order chi connectivity index (χ1) is 4.91. The van der Waals surface area contributed by atoms with Gasteiger partial charge >= 0.3 is 0 Å². The van der Waals surface area contributed by atoms with E-state index in [4.69, 9.17) is 0 Å². The van der Waals surface area contributed by atoms with Crippen molar-refractivity contribution in [3.8, 4) is 11.8 Å². The van der Waals surface area contributed by atoms with Gasteiger partial charge in [0.15, 0.2) is 0 Å². The molecule has 0 nitrogen and oxygen atoms in total. The fraction of sp³-hybridized carbons (Fsp3) is 0.200. The Labute approximate surface area is 62.9 Å². The van der Waals surface area contributed by atoms with Gasteiger partial charge in [-0.05, 0) is 13.8 Å². The van der Waals surface area contributed by atoms with Gasteiger partial charge in [0.25, 0.3) is 0 Å². The van der Waals surface area contributed by atoms with Crippen molar-refractivity contribution in [2.45, 2.75) is 13.8 Å². The molecule has 52 valence electrons. The zero-order valence-corrected chi connectivity index (χ0v) is 6.46. The van der Waals surface area contributed by atoms with Crippen molar-refractivity contribution in [3.63, 3.8) is 0 Å². The van der Waals surface area contributed by atoms with Gasteiger partial charge in [-0.1, -0.05) is 36.4 Å². The second kappa shape index (κ2) is 7.78. The van der Waals surface area contributed by atoms with Crippen LogP contribution in [0.1, 0.15) is 13.8 Å². The molecule has 0 atom stereocenters. The lowest BCUT2D eigenvalue weighted by atomic mass is 10.4. The highest BCUT2D eigenvalue weighted by Crippen LogP contribution is 1.79. The van der Waals surface area contributed by atoms with E-state index in [0.29, 0.717) is 0 Å². The van der Waals surface area contributed by atoms with Gasteiger partial charge in [0, 0.05) is 0 Å². The van der Waals surface area contributed by atoms with E-state index in [1.807, 2.05) is 50.2 Å². The van der Waals surface area contributed by atoms with Gasteiger partial charge in [-0.25, -0.2) is 0 Å². The fourth-order valence-corrected chi connectivity index (χ4v) is 0.385. The molecular weight excluding hydrogens is 120 g/mol. The van der Waals surface area contributed by atoms with Crippen molar-refractivity contribution in [3.05, 3.63) is 36.4 Å². The quantitative estimate of drug-likeness (QED) is 0.476. The van der Waals surface area contributed by atoms with Crippen molar-refractivity contribution in [2.75, 3.05) is 0 Å². The molecule has 0 spiro atoms. The highest BCUT2D eigenvalue weighted by atomic mass is 13.6. The number of benzene rings is 1. The number of hydrogen-bond donors (Lipinski definition) is 0. The molecule has 1 rings (SSSR count). The minimum Gasteiger partial charge on any atom is -0.107 e. The second-order valence-electron chi connectivity index (χ2n) is 1.65. The molecule has 0 bridgehead atoms. The summed E-state index contributed by atoms with van der Waals surface area (Å²) in [6.07, 6.45) is 0. The summed E-state index contributed by atoms with van der Waals surface area (Å²) in [5.74, 6) is 5.36. The molecule has 0 heterocycles. The normalized spacial score (nSPS) is 6.20. The lowest BCUT2D eigenvalue weighted by Gasteiger charge is -1.69.